The molecule has 0 aliphatic heterocycles. The predicted molar refractivity (Wildman–Crippen MR) is 75.4 cm³/mol. The van der Waals surface area contributed by atoms with Gasteiger partial charge in [-0.05, 0) is 29.8 Å². The zero-order valence-electron chi connectivity index (χ0n) is 10.6. The van der Waals surface area contributed by atoms with Crippen molar-refractivity contribution in [1.82, 2.24) is 0 Å². The first-order valence-electron chi connectivity index (χ1n) is 5.78. The lowest BCUT2D eigenvalue weighted by atomic mass is 10.2. The summed E-state index contributed by atoms with van der Waals surface area (Å²) >= 11 is 0. The van der Waals surface area contributed by atoms with Crippen LogP contribution in [0.25, 0.3) is 0 Å². The van der Waals surface area contributed by atoms with Crippen LogP contribution in [0.4, 0.5) is 5.69 Å². The Morgan fingerprint density at radius 3 is 2.22 bits per heavy atom. The molecule has 2 aromatic carbocycles. The van der Waals surface area contributed by atoms with Crippen molar-refractivity contribution in [2.24, 2.45) is 5.16 Å². The summed E-state index contributed by atoms with van der Waals surface area (Å²) in [7, 11) is 4.01. The van der Waals surface area contributed by atoms with Gasteiger partial charge in [-0.1, -0.05) is 35.5 Å². The quantitative estimate of drug-likeness (QED) is 0.605. The van der Waals surface area contributed by atoms with Crippen LogP contribution in [0.2, 0.25) is 0 Å². The summed E-state index contributed by atoms with van der Waals surface area (Å²) in [6.45, 7) is 0. The fourth-order valence-corrected chi connectivity index (χ4v) is 1.49. The second-order valence-electron chi connectivity index (χ2n) is 4.12. The van der Waals surface area contributed by atoms with Gasteiger partial charge < -0.3 is 9.74 Å². The van der Waals surface area contributed by atoms with Gasteiger partial charge >= 0.3 is 0 Å². The van der Waals surface area contributed by atoms with E-state index in [1.54, 1.807) is 6.21 Å². The molecule has 0 saturated heterocycles. The molecular weight excluding hydrogens is 224 g/mol. The first-order valence-corrected chi connectivity index (χ1v) is 5.78. The van der Waals surface area contributed by atoms with E-state index in [2.05, 4.69) is 5.16 Å². The van der Waals surface area contributed by atoms with E-state index in [1.807, 2.05) is 73.6 Å². The highest BCUT2D eigenvalue weighted by Gasteiger charge is 1.96. The van der Waals surface area contributed by atoms with Crippen LogP contribution in [-0.4, -0.2) is 20.3 Å². The summed E-state index contributed by atoms with van der Waals surface area (Å²) in [5, 5.41) is 3.95. The van der Waals surface area contributed by atoms with Crippen molar-refractivity contribution in [1.29, 1.82) is 0 Å². The van der Waals surface area contributed by atoms with Gasteiger partial charge in [0.15, 0.2) is 5.75 Å². The molecule has 92 valence electrons. The van der Waals surface area contributed by atoms with Crippen molar-refractivity contribution < 1.29 is 4.84 Å². The summed E-state index contributed by atoms with van der Waals surface area (Å²) in [6.07, 6.45) is 1.69. The maximum atomic E-state index is 5.30. The molecule has 0 aromatic heterocycles. The zero-order chi connectivity index (χ0) is 12.8. The molecular formula is C15H16N2O. The highest BCUT2D eigenvalue weighted by molar-refractivity contribution is 5.78. The van der Waals surface area contributed by atoms with Crippen LogP contribution >= 0.6 is 0 Å². The first-order chi connectivity index (χ1) is 8.75. The van der Waals surface area contributed by atoms with E-state index in [-0.39, 0.29) is 0 Å². The molecule has 0 amide bonds. The molecule has 18 heavy (non-hydrogen) atoms. The minimum absolute atomic E-state index is 0.729. The van der Waals surface area contributed by atoms with Crippen molar-refractivity contribution in [2.45, 2.75) is 0 Å². The van der Waals surface area contributed by atoms with E-state index in [0.717, 1.165) is 17.0 Å². The van der Waals surface area contributed by atoms with Crippen LogP contribution in [-0.2, 0) is 0 Å². The van der Waals surface area contributed by atoms with Crippen LogP contribution in [0.5, 0.6) is 5.75 Å². The van der Waals surface area contributed by atoms with Crippen LogP contribution in [0, 0.1) is 0 Å². The number of hydrogen-bond donors (Lipinski definition) is 0. The Hall–Kier alpha value is -2.29. The molecule has 0 heterocycles. The summed E-state index contributed by atoms with van der Waals surface area (Å²) in [4.78, 5) is 7.33. The van der Waals surface area contributed by atoms with Crippen molar-refractivity contribution in [3.05, 3.63) is 60.2 Å². The predicted octanol–water partition coefficient (Wildman–Crippen LogP) is 3.17. The average molecular weight is 240 g/mol. The second kappa shape index (κ2) is 5.87. The van der Waals surface area contributed by atoms with Crippen molar-refractivity contribution in [3.63, 3.8) is 0 Å². The van der Waals surface area contributed by atoms with Crippen molar-refractivity contribution in [2.75, 3.05) is 19.0 Å². The molecule has 3 heteroatoms. The Labute approximate surface area is 107 Å². The normalized spacial score (nSPS) is 10.6. The topological polar surface area (TPSA) is 24.8 Å². The van der Waals surface area contributed by atoms with E-state index in [0.29, 0.717) is 0 Å². The Bertz CT molecular complexity index is 504. The van der Waals surface area contributed by atoms with Crippen molar-refractivity contribution in [3.8, 4) is 5.75 Å². The van der Waals surface area contributed by atoms with Gasteiger partial charge in [0.1, 0.15) is 0 Å². The summed E-state index contributed by atoms with van der Waals surface area (Å²) in [6, 6.07) is 17.6. The molecule has 0 spiro atoms. The lowest BCUT2D eigenvalue weighted by molar-refractivity contribution is 0.344. The van der Waals surface area contributed by atoms with Gasteiger partial charge in [0.2, 0.25) is 0 Å². The first kappa shape index (κ1) is 12.2. The molecule has 0 aliphatic rings. The molecule has 0 bridgehead atoms. The number of anilines is 1. The van der Waals surface area contributed by atoms with Gasteiger partial charge in [-0.2, -0.15) is 0 Å². The minimum atomic E-state index is 0.729. The maximum Gasteiger partial charge on any atom is 0.158 e. The summed E-state index contributed by atoms with van der Waals surface area (Å²) in [5.74, 6) is 0.729. The molecule has 2 aromatic rings. The third kappa shape index (κ3) is 3.35. The lowest BCUT2D eigenvalue weighted by Crippen LogP contribution is -2.07. The standard InChI is InChI=1S/C15H16N2O/c1-17(2)14-8-10-15(11-9-14)18-16-12-13-6-4-3-5-7-13/h3-12H,1-2H3. The number of rotatable bonds is 4. The Balaban J connectivity index is 1.96. The molecule has 0 N–H and O–H groups in total. The SMILES string of the molecule is CN(C)c1ccc(ON=Cc2ccccc2)cc1. The molecule has 3 nitrogen and oxygen atoms in total. The maximum absolute atomic E-state index is 5.30. The number of nitrogens with zero attached hydrogens (tertiary/aromatic N) is 2. The van der Waals surface area contributed by atoms with Gasteiger partial charge in [0.25, 0.3) is 0 Å². The van der Waals surface area contributed by atoms with E-state index in [9.17, 15) is 0 Å². The van der Waals surface area contributed by atoms with Crippen LogP contribution in [0.15, 0.2) is 59.8 Å². The fraction of sp³-hybridized carbons (Fsp3) is 0.133. The minimum Gasteiger partial charge on any atom is -0.378 e. The Morgan fingerprint density at radius 1 is 0.944 bits per heavy atom. The van der Waals surface area contributed by atoms with Gasteiger partial charge in [0.05, 0.1) is 6.21 Å². The third-order valence-corrected chi connectivity index (χ3v) is 2.51. The van der Waals surface area contributed by atoms with E-state index >= 15 is 0 Å². The molecule has 0 atom stereocenters. The molecule has 0 radical (unpaired) electrons. The van der Waals surface area contributed by atoms with E-state index in [1.165, 1.54) is 0 Å². The monoisotopic (exact) mass is 240 g/mol. The molecule has 0 saturated carbocycles. The second-order valence-corrected chi connectivity index (χ2v) is 4.12. The van der Waals surface area contributed by atoms with Gasteiger partial charge in [0, 0.05) is 19.8 Å². The van der Waals surface area contributed by atoms with Crippen molar-refractivity contribution >= 4 is 11.9 Å². The number of benzene rings is 2. The fourth-order valence-electron chi connectivity index (χ4n) is 1.49. The molecule has 0 fully saturated rings. The van der Waals surface area contributed by atoms with Crippen LogP contribution in [0.1, 0.15) is 5.56 Å². The molecule has 0 unspecified atom stereocenters. The Morgan fingerprint density at radius 2 is 1.61 bits per heavy atom. The van der Waals surface area contributed by atoms with Gasteiger partial charge in [-0.15, -0.1) is 0 Å². The van der Waals surface area contributed by atoms with Gasteiger partial charge in [-0.25, -0.2) is 0 Å². The molecule has 2 rings (SSSR count). The smallest absolute Gasteiger partial charge is 0.158 e. The summed E-state index contributed by atoms with van der Waals surface area (Å²) < 4.78 is 0. The summed E-state index contributed by atoms with van der Waals surface area (Å²) in [5.41, 5.74) is 2.15. The van der Waals surface area contributed by atoms with Crippen LogP contribution < -0.4 is 9.74 Å². The zero-order valence-corrected chi connectivity index (χ0v) is 10.6. The van der Waals surface area contributed by atoms with E-state index in [4.69, 9.17) is 4.84 Å². The molecule has 0 aliphatic carbocycles. The Kier molecular flexibility index (Phi) is 3.97. The average Bonchev–Trinajstić information content (AvgIpc) is 2.40. The highest BCUT2D eigenvalue weighted by Crippen LogP contribution is 2.17. The van der Waals surface area contributed by atoms with E-state index < -0.39 is 0 Å². The number of oxime groups is 1. The highest BCUT2D eigenvalue weighted by atomic mass is 16.6. The third-order valence-electron chi connectivity index (χ3n) is 2.51. The van der Waals surface area contributed by atoms with Crippen LogP contribution in [0.3, 0.4) is 0 Å². The lowest BCUT2D eigenvalue weighted by Gasteiger charge is -2.11. The largest absolute Gasteiger partial charge is 0.378 e. The number of hydrogen-bond acceptors (Lipinski definition) is 3. The van der Waals surface area contributed by atoms with Gasteiger partial charge in [-0.3, -0.25) is 0 Å².